The van der Waals surface area contributed by atoms with E-state index in [9.17, 15) is 13.2 Å². The molecular formula is C31H38N4O7S. The van der Waals surface area contributed by atoms with Gasteiger partial charge in [-0.15, -0.1) is 0 Å². The van der Waals surface area contributed by atoms with Crippen molar-refractivity contribution in [1.29, 1.82) is 0 Å². The van der Waals surface area contributed by atoms with Gasteiger partial charge in [-0.2, -0.15) is 0 Å². The van der Waals surface area contributed by atoms with E-state index in [4.69, 9.17) is 18.7 Å². The summed E-state index contributed by atoms with van der Waals surface area (Å²) in [5.74, 6) is 0.483. The van der Waals surface area contributed by atoms with Gasteiger partial charge in [0, 0.05) is 37.8 Å². The highest BCUT2D eigenvalue weighted by atomic mass is 32.2. The van der Waals surface area contributed by atoms with Crippen LogP contribution in [0.5, 0.6) is 5.75 Å². The minimum absolute atomic E-state index is 0.0414. The Morgan fingerprint density at radius 3 is 2.47 bits per heavy atom. The summed E-state index contributed by atoms with van der Waals surface area (Å²) >= 11 is 0. The Hall–Kier alpha value is -4.19. The van der Waals surface area contributed by atoms with Gasteiger partial charge in [0.1, 0.15) is 27.4 Å². The number of aromatic nitrogens is 1. The smallest absolute Gasteiger partial charge is 0.410 e. The number of benzene rings is 2. The van der Waals surface area contributed by atoms with Crippen molar-refractivity contribution < 1.29 is 31.9 Å². The quantitative estimate of drug-likeness (QED) is 0.356. The molecule has 1 saturated heterocycles. The normalized spacial score (nSPS) is 17.8. The summed E-state index contributed by atoms with van der Waals surface area (Å²) in [7, 11) is -1.03. The van der Waals surface area contributed by atoms with Gasteiger partial charge in [-0.3, -0.25) is 4.72 Å². The van der Waals surface area contributed by atoms with E-state index in [1.807, 2.05) is 64.1 Å². The standard InChI is InChI=1S/C31H38N4O7S/c1-20-9-7-12-24(39-5)28(20)43(37,38)33-29-27-25(40-6)18-22(19-26(27)42-32-29)21-10-8-11-23(17-21)34-13-15-35(16-14-34)30(36)41-31(2,3)4/h7-8,10-12,17-20H,9,13-16H2,1-6H3,(H,32,33). The number of hydrogen-bond acceptors (Lipinski definition) is 9. The molecule has 0 radical (unpaired) electrons. The molecule has 0 spiro atoms. The lowest BCUT2D eigenvalue weighted by Crippen LogP contribution is -2.50. The number of piperazine rings is 1. The Morgan fingerprint density at radius 1 is 1.05 bits per heavy atom. The van der Waals surface area contributed by atoms with Crippen LogP contribution in [-0.4, -0.2) is 70.6 Å². The van der Waals surface area contributed by atoms with Crippen LogP contribution in [-0.2, 0) is 19.5 Å². The zero-order valence-electron chi connectivity index (χ0n) is 25.3. The molecule has 1 unspecified atom stereocenters. The maximum atomic E-state index is 13.4. The van der Waals surface area contributed by atoms with E-state index < -0.39 is 15.6 Å². The first-order chi connectivity index (χ1) is 20.4. The second-order valence-corrected chi connectivity index (χ2v) is 13.3. The first-order valence-corrected chi connectivity index (χ1v) is 15.7. The fourth-order valence-corrected chi connectivity index (χ4v) is 6.89. The van der Waals surface area contributed by atoms with E-state index in [2.05, 4.69) is 20.8 Å². The highest BCUT2D eigenvalue weighted by molar-refractivity contribution is 7.96. The van der Waals surface area contributed by atoms with Gasteiger partial charge in [0.2, 0.25) is 0 Å². The number of fused-ring (bicyclic) bond motifs is 1. The zero-order valence-corrected chi connectivity index (χ0v) is 26.2. The fourth-order valence-electron chi connectivity index (χ4n) is 5.35. The van der Waals surface area contributed by atoms with E-state index in [0.29, 0.717) is 55.1 Å². The SMILES string of the molecule is COC1=C(S(=O)(=O)Nc2noc3cc(-c4cccc(N5CCN(C(=O)OC(C)(C)C)CC5)c4)cc(OC)c23)C(C)CC=C1. The van der Waals surface area contributed by atoms with Gasteiger partial charge in [-0.25, -0.2) is 13.2 Å². The summed E-state index contributed by atoms with van der Waals surface area (Å²) in [6, 6.07) is 11.7. The fraction of sp³-hybridized carbons (Fsp3) is 0.419. The van der Waals surface area contributed by atoms with Crippen molar-refractivity contribution in [2.45, 2.75) is 39.7 Å². The predicted octanol–water partition coefficient (Wildman–Crippen LogP) is 5.76. The molecule has 230 valence electrons. The number of hydrogen-bond donors (Lipinski definition) is 1. The van der Waals surface area contributed by atoms with Gasteiger partial charge in [0.05, 0.1) is 14.2 Å². The third-order valence-electron chi connectivity index (χ3n) is 7.42. The summed E-state index contributed by atoms with van der Waals surface area (Å²) in [6.45, 7) is 9.89. The molecule has 3 aromatic rings. The lowest BCUT2D eigenvalue weighted by atomic mass is 10.0. The minimum Gasteiger partial charge on any atom is -0.496 e. The number of amides is 1. The summed E-state index contributed by atoms with van der Waals surface area (Å²) in [6.07, 6.45) is 3.83. The van der Waals surface area contributed by atoms with Gasteiger partial charge < -0.3 is 28.5 Å². The Labute approximate surface area is 252 Å². The van der Waals surface area contributed by atoms with Crippen molar-refractivity contribution in [3.8, 4) is 16.9 Å². The first kappa shape index (κ1) is 30.3. The maximum Gasteiger partial charge on any atom is 0.410 e. The van der Waals surface area contributed by atoms with Crippen LogP contribution >= 0.6 is 0 Å². The molecule has 1 fully saturated rings. The molecule has 1 aromatic heterocycles. The van der Waals surface area contributed by atoms with Crippen molar-refractivity contribution in [2.24, 2.45) is 5.92 Å². The molecule has 2 heterocycles. The molecule has 0 bridgehead atoms. The number of ether oxygens (including phenoxy) is 3. The molecule has 2 aromatic carbocycles. The molecule has 2 aliphatic rings. The number of nitrogens with zero attached hydrogens (tertiary/aromatic N) is 3. The number of rotatable bonds is 7. The largest absolute Gasteiger partial charge is 0.496 e. The van der Waals surface area contributed by atoms with Gasteiger partial charge in [-0.1, -0.05) is 30.3 Å². The number of carbonyl (C=O) groups is 1. The van der Waals surface area contributed by atoms with E-state index in [1.165, 1.54) is 14.2 Å². The second-order valence-electron chi connectivity index (χ2n) is 11.7. The molecule has 12 heteroatoms. The third-order valence-corrected chi connectivity index (χ3v) is 9.07. The van der Waals surface area contributed by atoms with E-state index in [-0.39, 0.29) is 22.7 Å². The number of carbonyl (C=O) groups excluding carboxylic acids is 1. The molecule has 1 aliphatic carbocycles. The molecule has 1 aliphatic heterocycles. The summed E-state index contributed by atoms with van der Waals surface area (Å²) in [4.78, 5) is 16.6. The Morgan fingerprint density at radius 2 is 1.79 bits per heavy atom. The molecule has 1 atom stereocenters. The van der Waals surface area contributed by atoms with Crippen LogP contribution < -0.4 is 14.4 Å². The summed E-state index contributed by atoms with van der Waals surface area (Å²) < 4.78 is 51.6. The van der Waals surface area contributed by atoms with Crippen LogP contribution in [0.15, 0.2) is 63.7 Å². The summed E-state index contributed by atoms with van der Waals surface area (Å²) in [5.41, 5.74) is 2.60. The molecule has 5 rings (SSSR count). The first-order valence-electron chi connectivity index (χ1n) is 14.2. The van der Waals surface area contributed by atoms with Crippen molar-refractivity contribution in [3.05, 3.63) is 59.2 Å². The number of nitrogens with one attached hydrogen (secondary N) is 1. The summed E-state index contributed by atoms with van der Waals surface area (Å²) in [5, 5.41) is 4.47. The van der Waals surface area contributed by atoms with Crippen molar-refractivity contribution in [1.82, 2.24) is 10.1 Å². The monoisotopic (exact) mass is 610 g/mol. The molecule has 0 saturated carbocycles. The third kappa shape index (κ3) is 6.43. The van der Waals surface area contributed by atoms with Crippen molar-refractivity contribution in [3.63, 3.8) is 0 Å². The molecular weight excluding hydrogens is 572 g/mol. The highest BCUT2D eigenvalue weighted by Crippen LogP contribution is 2.39. The lowest BCUT2D eigenvalue weighted by molar-refractivity contribution is 0.0240. The number of methoxy groups -OCH3 is 2. The average molecular weight is 611 g/mol. The highest BCUT2D eigenvalue weighted by Gasteiger charge is 2.31. The number of anilines is 2. The topological polar surface area (TPSA) is 123 Å². The Kier molecular flexibility index (Phi) is 8.33. The minimum atomic E-state index is -3.99. The maximum absolute atomic E-state index is 13.4. The second kappa shape index (κ2) is 11.8. The van der Waals surface area contributed by atoms with Gasteiger partial charge >= 0.3 is 6.09 Å². The van der Waals surface area contributed by atoms with E-state index in [0.717, 1.165) is 16.8 Å². The van der Waals surface area contributed by atoms with Crippen LogP contribution in [0.1, 0.15) is 34.1 Å². The zero-order chi connectivity index (χ0) is 30.9. The van der Waals surface area contributed by atoms with Gasteiger partial charge in [0.15, 0.2) is 11.4 Å². The van der Waals surface area contributed by atoms with Gasteiger partial charge in [-0.05, 0) is 68.7 Å². The van der Waals surface area contributed by atoms with Crippen molar-refractivity contribution >= 4 is 38.6 Å². The van der Waals surface area contributed by atoms with E-state index >= 15 is 0 Å². The van der Waals surface area contributed by atoms with Crippen LogP contribution in [0.3, 0.4) is 0 Å². The Bertz CT molecular complexity index is 1680. The molecule has 43 heavy (non-hydrogen) atoms. The number of sulfonamides is 1. The van der Waals surface area contributed by atoms with Gasteiger partial charge in [0.25, 0.3) is 10.0 Å². The molecule has 1 amide bonds. The van der Waals surface area contributed by atoms with Crippen LogP contribution in [0, 0.1) is 5.92 Å². The predicted molar refractivity (Wildman–Crippen MR) is 166 cm³/mol. The average Bonchev–Trinajstić information content (AvgIpc) is 3.37. The number of allylic oxidation sites excluding steroid dienone is 3. The van der Waals surface area contributed by atoms with Crippen LogP contribution in [0.2, 0.25) is 0 Å². The van der Waals surface area contributed by atoms with Crippen LogP contribution in [0.25, 0.3) is 22.1 Å². The Balaban J connectivity index is 1.39. The van der Waals surface area contributed by atoms with Crippen LogP contribution in [0.4, 0.5) is 16.3 Å². The molecule has 11 nitrogen and oxygen atoms in total. The molecule has 1 N–H and O–H groups in total. The van der Waals surface area contributed by atoms with Crippen molar-refractivity contribution in [2.75, 3.05) is 50.0 Å². The van der Waals surface area contributed by atoms with E-state index in [1.54, 1.807) is 11.0 Å². The lowest BCUT2D eigenvalue weighted by Gasteiger charge is -2.36.